The van der Waals surface area contributed by atoms with Crippen LogP contribution in [0.3, 0.4) is 0 Å². The summed E-state index contributed by atoms with van der Waals surface area (Å²) >= 11 is 5.46. The van der Waals surface area contributed by atoms with Crippen LogP contribution in [0.5, 0.6) is 0 Å². The predicted octanol–water partition coefficient (Wildman–Crippen LogP) is 5.26. The van der Waals surface area contributed by atoms with E-state index in [9.17, 15) is 4.79 Å². The number of nitrogens with zero attached hydrogens (tertiary/aromatic N) is 1. The predicted molar refractivity (Wildman–Crippen MR) is 124 cm³/mol. The van der Waals surface area contributed by atoms with Gasteiger partial charge in [-0.15, -0.1) is 0 Å². The van der Waals surface area contributed by atoms with Crippen molar-refractivity contribution in [2.75, 3.05) is 23.3 Å². The third-order valence-electron chi connectivity index (χ3n) is 7.54. The first-order valence-electron chi connectivity index (χ1n) is 11.4. The van der Waals surface area contributed by atoms with Crippen molar-refractivity contribution in [3.05, 3.63) is 23.8 Å². The van der Waals surface area contributed by atoms with E-state index in [1.807, 2.05) is 0 Å². The molecule has 1 aromatic rings. The van der Waals surface area contributed by atoms with Gasteiger partial charge in [-0.05, 0) is 118 Å². The van der Waals surface area contributed by atoms with Gasteiger partial charge in [-0.2, -0.15) is 0 Å². The highest BCUT2D eigenvalue weighted by molar-refractivity contribution is 7.80. The van der Waals surface area contributed by atoms with Gasteiger partial charge in [0, 0.05) is 30.9 Å². The first-order chi connectivity index (χ1) is 13.9. The number of nitrogens with one attached hydrogen (secondary N) is 2. The minimum absolute atomic E-state index is 0.0851. The quantitative estimate of drug-likeness (QED) is 0.624. The Morgan fingerprint density at radius 2 is 1.69 bits per heavy atom. The molecule has 0 spiro atoms. The molecule has 4 nitrogen and oxygen atoms in total. The van der Waals surface area contributed by atoms with Crippen molar-refractivity contribution in [3.8, 4) is 0 Å². The van der Waals surface area contributed by atoms with E-state index in [0.29, 0.717) is 11.5 Å². The Morgan fingerprint density at radius 1 is 1.10 bits per heavy atom. The van der Waals surface area contributed by atoms with Gasteiger partial charge in [-0.25, -0.2) is 0 Å². The summed E-state index contributed by atoms with van der Waals surface area (Å²) in [6.07, 6.45) is 8.60. The summed E-state index contributed by atoms with van der Waals surface area (Å²) in [6, 6.07) is 6.35. The van der Waals surface area contributed by atoms with E-state index in [2.05, 4.69) is 54.5 Å². The number of thiocarbonyl (C=S) groups is 1. The van der Waals surface area contributed by atoms with E-state index in [4.69, 9.17) is 12.2 Å². The molecule has 4 aliphatic rings. The van der Waals surface area contributed by atoms with E-state index in [0.717, 1.165) is 42.1 Å². The highest BCUT2D eigenvalue weighted by Gasteiger charge is 2.51. The number of carbonyl (C=O) groups is 1. The van der Waals surface area contributed by atoms with Crippen LogP contribution in [0.4, 0.5) is 11.4 Å². The first kappa shape index (κ1) is 20.6. The topological polar surface area (TPSA) is 44.4 Å². The van der Waals surface area contributed by atoms with Crippen molar-refractivity contribution in [3.63, 3.8) is 0 Å². The summed E-state index contributed by atoms with van der Waals surface area (Å²) in [5, 5.41) is 6.61. The minimum atomic E-state index is 0.0851. The highest BCUT2D eigenvalue weighted by atomic mass is 32.1. The number of carbonyl (C=O) groups excluding carboxylic acids is 1. The SMILES string of the molecule is CCN(CC)c1ccc(NC(=S)NC(=O)CC23CC4CC(CC(C4)C2)C3)c(C)c1. The summed E-state index contributed by atoms with van der Waals surface area (Å²) in [5.41, 5.74) is 3.55. The Hall–Kier alpha value is -1.62. The molecular formula is C24H35N3OS. The highest BCUT2D eigenvalue weighted by Crippen LogP contribution is 2.61. The van der Waals surface area contributed by atoms with Crippen LogP contribution in [-0.4, -0.2) is 24.1 Å². The maximum absolute atomic E-state index is 12.8. The first-order valence-corrected chi connectivity index (χ1v) is 11.8. The molecule has 5 heteroatoms. The van der Waals surface area contributed by atoms with Gasteiger partial charge in [0.25, 0.3) is 0 Å². The number of hydrogen-bond acceptors (Lipinski definition) is 3. The lowest BCUT2D eigenvalue weighted by Crippen LogP contribution is -2.48. The second kappa shape index (κ2) is 8.25. The molecule has 1 aromatic carbocycles. The van der Waals surface area contributed by atoms with Gasteiger partial charge in [0.2, 0.25) is 5.91 Å². The van der Waals surface area contributed by atoms with E-state index in [-0.39, 0.29) is 11.3 Å². The number of amides is 1. The number of benzene rings is 1. The Labute approximate surface area is 180 Å². The number of hydrogen-bond donors (Lipinski definition) is 2. The van der Waals surface area contributed by atoms with Crippen molar-refractivity contribution in [1.29, 1.82) is 0 Å². The summed E-state index contributed by atoms with van der Waals surface area (Å²) in [5.74, 6) is 2.69. The van der Waals surface area contributed by atoms with Crippen molar-refractivity contribution >= 4 is 34.6 Å². The fraction of sp³-hybridized carbons (Fsp3) is 0.667. The number of aryl methyl sites for hydroxylation is 1. The lowest BCUT2D eigenvalue weighted by atomic mass is 9.49. The summed E-state index contributed by atoms with van der Waals surface area (Å²) in [6.45, 7) is 8.39. The van der Waals surface area contributed by atoms with Crippen LogP contribution in [0, 0.1) is 30.1 Å². The molecule has 0 aromatic heterocycles. The minimum Gasteiger partial charge on any atom is -0.372 e. The zero-order chi connectivity index (χ0) is 20.6. The van der Waals surface area contributed by atoms with E-state index < -0.39 is 0 Å². The fourth-order valence-electron chi connectivity index (χ4n) is 6.75. The molecule has 1 amide bonds. The molecule has 0 atom stereocenters. The van der Waals surface area contributed by atoms with E-state index in [1.54, 1.807) is 0 Å². The van der Waals surface area contributed by atoms with Gasteiger partial charge in [0.05, 0.1) is 0 Å². The maximum atomic E-state index is 12.8. The largest absolute Gasteiger partial charge is 0.372 e. The third kappa shape index (κ3) is 4.45. The van der Waals surface area contributed by atoms with Crippen LogP contribution in [0.15, 0.2) is 18.2 Å². The van der Waals surface area contributed by atoms with Crippen molar-refractivity contribution in [1.82, 2.24) is 5.32 Å². The monoisotopic (exact) mass is 413 g/mol. The zero-order valence-electron chi connectivity index (χ0n) is 18.1. The van der Waals surface area contributed by atoms with Crippen LogP contribution in [-0.2, 0) is 4.79 Å². The molecule has 5 rings (SSSR count). The van der Waals surface area contributed by atoms with Crippen LogP contribution in [0.1, 0.15) is 64.4 Å². The molecule has 4 bridgehead atoms. The third-order valence-corrected chi connectivity index (χ3v) is 7.74. The Morgan fingerprint density at radius 3 is 2.21 bits per heavy atom. The smallest absolute Gasteiger partial charge is 0.226 e. The molecule has 0 saturated heterocycles. The molecule has 0 heterocycles. The van der Waals surface area contributed by atoms with Gasteiger partial charge in [-0.3, -0.25) is 4.79 Å². The Bertz CT molecular complexity index is 751. The molecular weight excluding hydrogens is 378 g/mol. The van der Waals surface area contributed by atoms with Gasteiger partial charge in [0.15, 0.2) is 5.11 Å². The molecule has 4 aliphatic carbocycles. The second-order valence-electron chi connectivity index (χ2n) is 9.77. The molecule has 4 fully saturated rings. The maximum Gasteiger partial charge on any atom is 0.226 e. The molecule has 2 N–H and O–H groups in total. The molecule has 0 aliphatic heterocycles. The average Bonchev–Trinajstić information content (AvgIpc) is 2.63. The summed E-state index contributed by atoms with van der Waals surface area (Å²) in [7, 11) is 0. The van der Waals surface area contributed by atoms with Crippen molar-refractivity contribution < 1.29 is 4.79 Å². The number of rotatable bonds is 6. The number of anilines is 2. The molecule has 29 heavy (non-hydrogen) atoms. The zero-order valence-corrected chi connectivity index (χ0v) is 18.9. The second-order valence-corrected chi connectivity index (χ2v) is 10.2. The Kier molecular flexibility index (Phi) is 5.87. The van der Waals surface area contributed by atoms with Gasteiger partial charge < -0.3 is 15.5 Å². The Balaban J connectivity index is 1.33. The normalized spacial score (nSPS) is 29.6. The van der Waals surface area contributed by atoms with Crippen LogP contribution in [0.25, 0.3) is 0 Å². The average molecular weight is 414 g/mol. The van der Waals surface area contributed by atoms with E-state index >= 15 is 0 Å². The van der Waals surface area contributed by atoms with Crippen molar-refractivity contribution in [2.24, 2.45) is 23.2 Å². The van der Waals surface area contributed by atoms with Crippen LogP contribution >= 0.6 is 12.2 Å². The summed E-state index contributed by atoms with van der Waals surface area (Å²) in [4.78, 5) is 15.1. The van der Waals surface area contributed by atoms with Gasteiger partial charge >= 0.3 is 0 Å². The molecule has 158 valence electrons. The van der Waals surface area contributed by atoms with Gasteiger partial charge in [0.1, 0.15) is 0 Å². The van der Waals surface area contributed by atoms with Crippen molar-refractivity contribution in [2.45, 2.75) is 65.7 Å². The lowest BCUT2D eigenvalue weighted by Gasteiger charge is -2.56. The molecule has 0 radical (unpaired) electrons. The summed E-state index contributed by atoms with van der Waals surface area (Å²) < 4.78 is 0. The van der Waals surface area contributed by atoms with Gasteiger partial charge in [-0.1, -0.05) is 0 Å². The van der Waals surface area contributed by atoms with Crippen LogP contribution < -0.4 is 15.5 Å². The van der Waals surface area contributed by atoms with E-state index in [1.165, 1.54) is 44.2 Å². The lowest BCUT2D eigenvalue weighted by molar-refractivity contribution is -0.127. The molecule has 4 saturated carbocycles. The molecule has 0 unspecified atom stereocenters. The van der Waals surface area contributed by atoms with Crippen LogP contribution in [0.2, 0.25) is 0 Å². The fourth-order valence-corrected chi connectivity index (χ4v) is 6.97. The standard InChI is InChI=1S/C24H35N3OS/c1-4-27(5-2)20-6-7-21(16(3)8-20)25-23(29)26-22(28)15-24-12-17-9-18(13-24)11-19(10-17)14-24/h6-8,17-19H,4-5,9-15H2,1-3H3,(H2,25,26,28,29).